The highest BCUT2D eigenvalue weighted by Crippen LogP contribution is 2.35. The molecule has 3 N–H and O–H groups in total. The summed E-state index contributed by atoms with van der Waals surface area (Å²) in [6.07, 6.45) is 2.77. The molecular formula is C34H36FN7O4. The number of amides is 1. The number of halogens is 1. The average Bonchev–Trinajstić information content (AvgIpc) is 3.11. The number of carbonyl (C=O) groups excluding carboxylic acids is 1. The lowest BCUT2D eigenvalue weighted by Gasteiger charge is -2.30. The van der Waals surface area contributed by atoms with Crippen LogP contribution in [-0.2, 0) is 14.3 Å². The lowest BCUT2D eigenvalue weighted by atomic mass is 10.1. The second-order valence-electron chi connectivity index (χ2n) is 10.7. The molecule has 0 aliphatic carbocycles. The van der Waals surface area contributed by atoms with E-state index in [1.54, 1.807) is 25.4 Å². The number of aromatic nitrogens is 2. The first-order chi connectivity index (χ1) is 22.5. The molecule has 0 radical (unpaired) electrons. The Bertz CT molecular complexity index is 1690. The molecule has 3 heterocycles. The summed E-state index contributed by atoms with van der Waals surface area (Å²) in [6, 6.07) is 18.3. The van der Waals surface area contributed by atoms with Gasteiger partial charge in [0.05, 0.1) is 62.5 Å². The number of nitrogens with zero attached hydrogens (tertiary/aromatic N) is 4. The van der Waals surface area contributed by atoms with Crippen LogP contribution < -0.4 is 30.5 Å². The Labute approximate surface area is 267 Å². The van der Waals surface area contributed by atoms with E-state index in [2.05, 4.69) is 49.4 Å². The van der Waals surface area contributed by atoms with E-state index in [0.717, 1.165) is 60.8 Å². The topological polar surface area (TPSA) is 113 Å². The van der Waals surface area contributed by atoms with Crippen LogP contribution in [0.1, 0.15) is 0 Å². The van der Waals surface area contributed by atoms with E-state index in [9.17, 15) is 9.18 Å². The Balaban J connectivity index is 1.32. The number of carbonyl (C=O) groups is 1. The molecule has 0 unspecified atom stereocenters. The third-order valence-corrected chi connectivity index (χ3v) is 7.78. The third kappa shape index (κ3) is 7.19. The first-order valence-electron chi connectivity index (χ1n) is 15.1. The summed E-state index contributed by atoms with van der Waals surface area (Å²) < 4.78 is 31.3. The van der Waals surface area contributed by atoms with E-state index in [-0.39, 0.29) is 5.69 Å². The summed E-state index contributed by atoms with van der Waals surface area (Å²) in [6.45, 7) is 9.36. The van der Waals surface area contributed by atoms with Crippen molar-refractivity contribution in [1.29, 1.82) is 0 Å². The lowest BCUT2D eigenvalue weighted by Crippen LogP contribution is -2.36. The Morgan fingerprint density at radius 1 is 0.891 bits per heavy atom. The highest BCUT2D eigenvalue weighted by Gasteiger charge is 2.18. The number of anilines is 7. The maximum atomic E-state index is 14.7. The summed E-state index contributed by atoms with van der Waals surface area (Å²) in [5, 5.41) is 9.26. The molecule has 1 aromatic heterocycles. The maximum Gasteiger partial charge on any atom is 0.247 e. The minimum atomic E-state index is -0.576. The predicted octanol–water partition coefficient (Wildman–Crippen LogP) is 5.58. The summed E-state index contributed by atoms with van der Waals surface area (Å²) in [4.78, 5) is 26.0. The van der Waals surface area contributed by atoms with Crippen molar-refractivity contribution in [2.45, 2.75) is 0 Å². The van der Waals surface area contributed by atoms with Gasteiger partial charge in [-0.3, -0.25) is 4.79 Å². The molecule has 3 aromatic carbocycles. The fourth-order valence-electron chi connectivity index (χ4n) is 5.39. The van der Waals surface area contributed by atoms with E-state index in [4.69, 9.17) is 19.2 Å². The van der Waals surface area contributed by atoms with Crippen LogP contribution >= 0.6 is 0 Å². The highest BCUT2D eigenvalue weighted by atomic mass is 19.1. The molecule has 2 aliphatic heterocycles. The van der Waals surface area contributed by atoms with Gasteiger partial charge in [-0.25, -0.2) is 14.4 Å². The number of morpholine rings is 2. The first-order valence-corrected chi connectivity index (χ1v) is 15.1. The van der Waals surface area contributed by atoms with Gasteiger partial charge in [-0.05, 0) is 66.7 Å². The van der Waals surface area contributed by atoms with Gasteiger partial charge in [-0.1, -0.05) is 6.58 Å². The van der Waals surface area contributed by atoms with Crippen molar-refractivity contribution < 1.29 is 23.4 Å². The number of rotatable bonds is 10. The summed E-state index contributed by atoms with van der Waals surface area (Å²) in [5.74, 6) is -0.000198. The summed E-state index contributed by atoms with van der Waals surface area (Å²) >= 11 is 0. The van der Waals surface area contributed by atoms with E-state index < -0.39 is 11.7 Å². The standard InChI is InChI=1S/C34H36FN7O4/c1-3-32(43)39-28-20-23(4-10-27(28)35)33-29(37-24-5-8-26(9-6-24)41-12-16-45-17-13-41)22-36-34(40-33)38-25-7-11-31(44-2)30(21-25)42-14-18-46-19-15-42/h3-11,20-22,37H,1,12-19H2,2H3,(H,39,43)(H,36,38,40). The van der Waals surface area contributed by atoms with Gasteiger partial charge >= 0.3 is 0 Å². The van der Waals surface area contributed by atoms with Crippen molar-refractivity contribution in [3.63, 3.8) is 0 Å². The molecule has 0 bridgehead atoms. The zero-order chi connectivity index (χ0) is 31.9. The zero-order valence-electron chi connectivity index (χ0n) is 25.6. The molecule has 4 aromatic rings. The van der Waals surface area contributed by atoms with Crippen LogP contribution in [0.25, 0.3) is 11.3 Å². The van der Waals surface area contributed by atoms with Crippen molar-refractivity contribution in [2.24, 2.45) is 0 Å². The SMILES string of the molecule is C=CC(=O)Nc1cc(-c2nc(Nc3ccc(OC)c(N4CCOCC4)c3)ncc2Nc2ccc(N3CCOCC3)cc2)ccc1F. The molecule has 1 amide bonds. The minimum absolute atomic E-state index is 0.0154. The van der Waals surface area contributed by atoms with Crippen molar-refractivity contribution >= 4 is 46.0 Å². The van der Waals surface area contributed by atoms with Crippen LogP contribution in [0.3, 0.4) is 0 Å². The summed E-state index contributed by atoms with van der Waals surface area (Å²) in [5.41, 5.74) is 5.34. The fourth-order valence-corrected chi connectivity index (χ4v) is 5.39. The van der Waals surface area contributed by atoms with Gasteiger partial charge in [0, 0.05) is 48.8 Å². The second-order valence-corrected chi connectivity index (χ2v) is 10.7. The first kappa shape index (κ1) is 30.8. The van der Waals surface area contributed by atoms with Gasteiger partial charge in [0.2, 0.25) is 11.9 Å². The molecular weight excluding hydrogens is 589 g/mol. The molecule has 46 heavy (non-hydrogen) atoms. The quantitative estimate of drug-likeness (QED) is 0.193. The third-order valence-electron chi connectivity index (χ3n) is 7.78. The molecule has 2 saturated heterocycles. The van der Waals surface area contributed by atoms with Crippen molar-refractivity contribution in [1.82, 2.24) is 9.97 Å². The number of methoxy groups -OCH3 is 1. The highest BCUT2D eigenvalue weighted by molar-refractivity contribution is 5.99. The molecule has 0 atom stereocenters. The Morgan fingerprint density at radius 3 is 2.28 bits per heavy atom. The number of hydrogen-bond donors (Lipinski definition) is 3. The number of hydrogen-bond acceptors (Lipinski definition) is 10. The van der Waals surface area contributed by atoms with Crippen LogP contribution in [0.4, 0.5) is 44.5 Å². The molecule has 0 spiro atoms. The minimum Gasteiger partial charge on any atom is -0.495 e. The molecule has 2 fully saturated rings. The van der Waals surface area contributed by atoms with E-state index in [1.807, 2.05) is 30.3 Å². The van der Waals surface area contributed by atoms with Crippen molar-refractivity contribution in [2.75, 3.05) is 85.5 Å². The van der Waals surface area contributed by atoms with Gasteiger partial charge in [-0.15, -0.1) is 0 Å². The van der Waals surface area contributed by atoms with Gasteiger partial charge in [0.15, 0.2) is 0 Å². The molecule has 2 aliphatic rings. The van der Waals surface area contributed by atoms with Crippen molar-refractivity contribution in [3.05, 3.63) is 85.3 Å². The maximum absolute atomic E-state index is 14.7. The molecule has 12 heteroatoms. The lowest BCUT2D eigenvalue weighted by molar-refractivity contribution is -0.111. The van der Waals surface area contributed by atoms with E-state index >= 15 is 0 Å². The molecule has 11 nitrogen and oxygen atoms in total. The van der Waals surface area contributed by atoms with E-state index in [1.165, 1.54) is 6.07 Å². The van der Waals surface area contributed by atoms with Crippen LogP contribution in [-0.4, -0.2) is 75.6 Å². The Hall–Kier alpha value is -5.20. The fraction of sp³-hybridized carbons (Fsp3) is 0.265. The van der Waals surface area contributed by atoms with Gasteiger partial charge in [0.25, 0.3) is 0 Å². The van der Waals surface area contributed by atoms with Crippen LogP contribution in [0.15, 0.2) is 79.5 Å². The Morgan fingerprint density at radius 2 is 1.59 bits per heavy atom. The molecule has 6 rings (SSSR count). The average molecular weight is 626 g/mol. The second kappa shape index (κ2) is 14.3. The number of benzene rings is 3. The molecule has 0 saturated carbocycles. The van der Waals surface area contributed by atoms with Gasteiger partial charge in [-0.2, -0.15) is 0 Å². The Kier molecular flexibility index (Phi) is 9.56. The largest absolute Gasteiger partial charge is 0.495 e. The smallest absolute Gasteiger partial charge is 0.247 e. The summed E-state index contributed by atoms with van der Waals surface area (Å²) in [7, 11) is 1.65. The number of ether oxygens (including phenoxy) is 3. The van der Waals surface area contributed by atoms with Gasteiger partial charge < -0.3 is 40.0 Å². The monoisotopic (exact) mass is 625 g/mol. The number of nitrogens with one attached hydrogen (secondary N) is 3. The zero-order valence-corrected chi connectivity index (χ0v) is 25.6. The van der Waals surface area contributed by atoms with E-state index in [0.29, 0.717) is 49.3 Å². The van der Waals surface area contributed by atoms with Crippen LogP contribution in [0.2, 0.25) is 0 Å². The predicted molar refractivity (Wildman–Crippen MR) is 178 cm³/mol. The normalized spacial score (nSPS) is 14.8. The van der Waals surface area contributed by atoms with Crippen LogP contribution in [0.5, 0.6) is 5.75 Å². The van der Waals surface area contributed by atoms with Crippen LogP contribution in [0, 0.1) is 5.82 Å². The molecule has 238 valence electrons. The van der Waals surface area contributed by atoms with Crippen molar-refractivity contribution in [3.8, 4) is 17.0 Å². The van der Waals surface area contributed by atoms with Gasteiger partial charge in [0.1, 0.15) is 11.6 Å².